The average Bonchev–Trinajstić information content (AvgIpc) is 3.98. The molecule has 3 heteroatoms. The van der Waals surface area contributed by atoms with Crippen LogP contribution in [0.3, 0.4) is 0 Å². The molecule has 0 fully saturated rings. The standard InChI is InChI=1S/C42H27NOS.C6H10.3C2H6/c1-2-9-26(10-3-1)28-19-22-35-37(25-28)43(36-24-23-34-32-12-5-7-16-39(32)45-42(34)40(35)36)29-20-17-27(18-21-29)30-13-8-14-33-31-11-4-6-15-38(31)44-41(30)33;1-3-5-6-4-2;3*1-2/h1-22,25H,23-24H2;3-6H,1-2H3;3*1-2H3/b;5-3-,6-4-;;;. The number of nitrogens with zero attached hydrogens (tertiary/aromatic N) is 1. The van der Waals surface area contributed by atoms with Crippen LogP contribution in [0.5, 0.6) is 0 Å². The summed E-state index contributed by atoms with van der Waals surface area (Å²) < 4.78 is 10.3. The number of hydrogen-bond acceptors (Lipinski definition) is 2. The molecule has 10 rings (SSSR count). The van der Waals surface area contributed by atoms with E-state index in [1.165, 1.54) is 59.5 Å². The number of rotatable bonds is 4. The molecule has 0 atom stereocenters. The van der Waals surface area contributed by atoms with Crippen LogP contribution in [-0.2, 0) is 12.8 Å². The van der Waals surface area contributed by atoms with E-state index in [1.54, 1.807) is 0 Å². The predicted octanol–water partition coefficient (Wildman–Crippen LogP) is 17.1. The fraction of sp³-hybridized carbons (Fsp3) is 0.185. The number of aryl methyl sites for hydroxylation is 1. The third kappa shape index (κ3) is 7.90. The molecule has 9 aromatic rings. The summed E-state index contributed by atoms with van der Waals surface area (Å²) in [6, 6.07) is 50.5. The number of aromatic nitrogens is 1. The normalized spacial score (nSPS) is 11.6. The van der Waals surface area contributed by atoms with Crippen molar-refractivity contribution in [2.45, 2.75) is 68.2 Å². The first-order valence-electron chi connectivity index (χ1n) is 20.7. The second-order valence-electron chi connectivity index (χ2n) is 13.0. The van der Waals surface area contributed by atoms with E-state index in [0.29, 0.717) is 0 Å². The van der Waals surface area contributed by atoms with Gasteiger partial charge in [-0.25, -0.2) is 0 Å². The van der Waals surface area contributed by atoms with E-state index in [0.717, 1.165) is 45.9 Å². The smallest absolute Gasteiger partial charge is 0.143 e. The molecule has 0 radical (unpaired) electrons. The molecule has 1 aliphatic rings. The van der Waals surface area contributed by atoms with Gasteiger partial charge in [-0.05, 0) is 84.7 Å². The summed E-state index contributed by atoms with van der Waals surface area (Å²) in [5.41, 5.74) is 13.4. The average molecular weight is 766 g/mol. The molecule has 1 aliphatic carbocycles. The highest BCUT2D eigenvalue weighted by Gasteiger charge is 2.28. The van der Waals surface area contributed by atoms with Gasteiger partial charge in [0.1, 0.15) is 11.2 Å². The summed E-state index contributed by atoms with van der Waals surface area (Å²) in [6.07, 6.45) is 10.1. The van der Waals surface area contributed by atoms with Gasteiger partial charge in [0.2, 0.25) is 0 Å². The lowest BCUT2D eigenvalue weighted by Crippen LogP contribution is -2.06. The maximum atomic E-state index is 6.38. The Balaban J connectivity index is 0.000000412. The van der Waals surface area contributed by atoms with Crippen LogP contribution in [-0.4, -0.2) is 4.57 Å². The second-order valence-corrected chi connectivity index (χ2v) is 14.1. The summed E-state index contributed by atoms with van der Waals surface area (Å²) in [5.74, 6) is 0. The van der Waals surface area contributed by atoms with Crippen LogP contribution in [0, 0.1) is 0 Å². The van der Waals surface area contributed by atoms with Crippen molar-refractivity contribution in [3.8, 4) is 38.4 Å². The molecule has 0 N–H and O–H groups in total. The Kier molecular flexibility index (Phi) is 13.8. The molecule has 0 unspecified atom stereocenters. The van der Waals surface area contributed by atoms with E-state index >= 15 is 0 Å². The largest absolute Gasteiger partial charge is 0.455 e. The van der Waals surface area contributed by atoms with Gasteiger partial charge in [0, 0.05) is 48.2 Å². The van der Waals surface area contributed by atoms with Gasteiger partial charge in [-0.15, -0.1) is 11.3 Å². The zero-order chi connectivity index (χ0) is 40.3. The lowest BCUT2D eigenvalue weighted by molar-refractivity contribution is 0.670. The third-order valence-corrected chi connectivity index (χ3v) is 11.3. The third-order valence-electron chi connectivity index (χ3n) is 10.0. The zero-order valence-electron chi connectivity index (χ0n) is 34.8. The molecule has 0 aliphatic heterocycles. The van der Waals surface area contributed by atoms with Gasteiger partial charge in [-0.3, -0.25) is 0 Å². The maximum absolute atomic E-state index is 6.38. The first-order chi connectivity index (χ1) is 28.2. The Hall–Kier alpha value is -5.90. The number of fused-ring (bicyclic) bond motifs is 10. The van der Waals surface area contributed by atoms with Crippen LogP contribution in [0.2, 0.25) is 0 Å². The summed E-state index contributed by atoms with van der Waals surface area (Å²) in [6.45, 7) is 16.0. The van der Waals surface area contributed by atoms with Crippen molar-refractivity contribution in [1.29, 1.82) is 0 Å². The van der Waals surface area contributed by atoms with Crippen LogP contribution in [0.1, 0.15) is 66.6 Å². The first-order valence-corrected chi connectivity index (χ1v) is 21.5. The molecule has 3 heterocycles. The van der Waals surface area contributed by atoms with Crippen molar-refractivity contribution in [2.75, 3.05) is 0 Å². The fourth-order valence-electron chi connectivity index (χ4n) is 7.72. The van der Waals surface area contributed by atoms with Gasteiger partial charge in [0.05, 0.1) is 5.52 Å². The van der Waals surface area contributed by atoms with Gasteiger partial charge in [-0.1, -0.05) is 175 Å². The van der Waals surface area contributed by atoms with Crippen LogP contribution in [0.15, 0.2) is 168 Å². The fourth-order valence-corrected chi connectivity index (χ4v) is 9.05. The molecule has 2 nitrogen and oxygen atoms in total. The van der Waals surface area contributed by atoms with E-state index in [-0.39, 0.29) is 0 Å². The Bertz CT molecular complexity index is 2740. The lowest BCUT2D eigenvalue weighted by atomic mass is 9.92. The molecule has 3 aromatic heterocycles. The molecule has 57 heavy (non-hydrogen) atoms. The Morgan fingerprint density at radius 1 is 0.544 bits per heavy atom. The zero-order valence-corrected chi connectivity index (χ0v) is 35.6. The van der Waals surface area contributed by atoms with Crippen LogP contribution in [0.25, 0.3) is 81.3 Å². The van der Waals surface area contributed by atoms with Crippen molar-refractivity contribution < 1.29 is 4.42 Å². The summed E-state index contributed by atoms with van der Waals surface area (Å²) in [5, 5.41) is 5.05. The van der Waals surface area contributed by atoms with Crippen LogP contribution < -0.4 is 0 Å². The number of para-hydroxylation sites is 2. The minimum absolute atomic E-state index is 0.928. The monoisotopic (exact) mass is 765 g/mol. The number of allylic oxidation sites excluding steroid dienone is 4. The minimum atomic E-state index is 0.928. The summed E-state index contributed by atoms with van der Waals surface area (Å²) in [7, 11) is 0. The Labute approximate surface area is 343 Å². The van der Waals surface area contributed by atoms with Crippen molar-refractivity contribution in [3.63, 3.8) is 0 Å². The maximum Gasteiger partial charge on any atom is 0.143 e. The molecule has 0 amide bonds. The first kappa shape index (κ1) is 40.8. The van der Waals surface area contributed by atoms with Gasteiger partial charge < -0.3 is 8.98 Å². The molecular weight excluding hydrogens is 711 g/mol. The highest BCUT2D eigenvalue weighted by molar-refractivity contribution is 7.22. The topological polar surface area (TPSA) is 18.1 Å². The molecule has 288 valence electrons. The quantitative estimate of drug-likeness (QED) is 0.163. The van der Waals surface area contributed by atoms with Gasteiger partial charge in [0.15, 0.2) is 0 Å². The van der Waals surface area contributed by atoms with E-state index < -0.39 is 0 Å². The highest BCUT2D eigenvalue weighted by Crippen LogP contribution is 2.49. The Morgan fingerprint density at radius 3 is 1.89 bits per heavy atom. The number of furan rings is 1. The van der Waals surface area contributed by atoms with Gasteiger partial charge in [-0.2, -0.15) is 0 Å². The van der Waals surface area contributed by atoms with E-state index in [9.17, 15) is 0 Å². The minimum Gasteiger partial charge on any atom is -0.455 e. The molecule has 0 bridgehead atoms. The molecular formula is C54H55NOS. The molecule has 0 saturated carbocycles. The van der Waals surface area contributed by atoms with Crippen LogP contribution in [0.4, 0.5) is 0 Å². The van der Waals surface area contributed by atoms with Crippen molar-refractivity contribution in [3.05, 3.63) is 175 Å². The van der Waals surface area contributed by atoms with E-state index in [1.807, 2.05) is 103 Å². The molecule has 0 saturated heterocycles. The second kappa shape index (κ2) is 19.3. The van der Waals surface area contributed by atoms with E-state index in [2.05, 4.69) is 132 Å². The lowest BCUT2D eigenvalue weighted by Gasteiger charge is -2.17. The summed E-state index contributed by atoms with van der Waals surface area (Å²) in [4.78, 5) is 1.43. The number of hydrogen-bond donors (Lipinski definition) is 0. The predicted molar refractivity (Wildman–Crippen MR) is 253 cm³/mol. The highest BCUT2D eigenvalue weighted by atomic mass is 32.1. The van der Waals surface area contributed by atoms with Crippen molar-refractivity contribution >= 4 is 54.3 Å². The van der Waals surface area contributed by atoms with Crippen molar-refractivity contribution in [1.82, 2.24) is 4.57 Å². The van der Waals surface area contributed by atoms with Crippen molar-refractivity contribution in [2.24, 2.45) is 0 Å². The van der Waals surface area contributed by atoms with Crippen LogP contribution >= 0.6 is 11.3 Å². The molecule has 6 aromatic carbocycles. The molecule has 0 spiro atoms. The number of thiophene rings is 1. The summed E-state index contributed by atoms with van der Waals surface area (Å²) >= 11 is 1.95. The number of benzene rings is 6. The van der Waals surface area contributed by atoms with Gasteiger partial charge in [0.25, 0.3) is 0 Å². The Morgan fingerprint density at radius 2 is 1.18 bits per heavy atom. The van der Waals surface area contributed by atoms with E-state index in [4.69, 9.17) is 4.42 Å². The van der Waals surface area contributed by atoms with Gasteiger partial charge >= 0.3 is 0 Å². The SMILES string of the molecule is C/C=C\C=C/C.CC.CC.CC.c1ccc(-c2ccc3c4c(n(-c5ccc(-c6cccc7c6oc6ccccc67)cc5)c3c2)CCc2c-4sc3ccccc23)cc1.